The zero-order valence-corrected chi connectivity index (χ0v) is 11.7. The normalized spacial score (nSPS) is 36.3. The molecule has 2 saturated heterocycles. The molecule has 0 spiro atoms. The van der Waals surface area contributed by atoms with E-state index in [2.05, 4.69) is 6.92 Å². The minimum absolute atomic E-state index is 0.0333. The van der Waals surface area contributed by atoms with Gasteiger partial charge in [-0.1, -0.05) is 13.3 Å². The molecule has 2 heterocycles. The molecule has 2 rings (SSSR count). The molecule has 0 saturated carbocycles. The number of rotatable bonds is 1. The lowest BCUT2D eigenvalue weighted by Gasteiger charge is -2.37. The van der Waals surface area contributed by atoms with E-state index in [0.717, 1.165) is 12.8 Å². The number of hydrogen-bond donors (Lipinski definition) is 1. The number of likely N-dealkylation sites (tertiary alicyclic amines) is 1. The van der Waals surface area contributed by atoms with Crippen molar-refractivity contribution in [2.24, 2.45) is 11.7 Å². The largest absolute Gasteiger partial charge is 0.340 e. The molecule has 0 radical (unpaired) electrons. The average molecular weight is 274 g/mol. The topological polar surface area (TPSA) is 80.5 Å². The fraction of sp³-hybridized carbons (Fsp3) is 0.917. The second-order valence-electron chi connectivity index (χ2n) is 5.57. The number of sulfone groups is 1. The number of nitrogens with zero attached hydrogens (tertiary/aromatic N) is 1. The summed E-state index contributed by atoms with van der Waals surface area (Å²) in [6.45, 7) is 3.20. The van der Waals surface area contributed by atoms with Crippen LogP contribution in [0.5, 0.6) is 0 Å². The van der Waals surface area contributed by atoms with E-state index in [-0.39, 0.29) is 17.7 Å². The third kappa shape index (κ3) is 2.69. The molecule has 0 aliphatic carbocycles. The Morgan fingerprint density at radius 1 is 1.28 bits per heavy atom. The van der Waals surface area contributed by atoms with Gasteiger partial charge in [0.05, 0.1) is 5.75 Å². The molecule has 0 aromatic carbocycles. The van der Waals surface area contributed by atoms with Crippen molar-refractivity contribution >= 4 is 15.7 Å². The maximum atomic E-state index is 12.3. The van der Waals surface area contributed by atoms with Gasteiger partial charge >= 0.3 is 0 Å². The van der Waals surface area contributed by atoms with Gasteiger partial charge < -0.3 is 10.6 Å². The monoisotopic (exact) mass is 274 g/mol. The van der Waals surface area contributed by atoms with Crippen molar-refractivity contribution in [3.63, 3.8) is 0 Å². The van der Waals surface area contributed by atoms with E-state index >= 15 is 0 Å². The van der Waals surface area contributed by atoms with Crippen molar-refractivity contribution in [1.82, 2.24) is 4.90 Å². The number of nitrogens with two attached hydrogens (primary N) is 1. The van der Waals surface area contributed by atoms with Gasteiger partial charge in [0, 0.05) is 19.1 Å². The summed E-state index contributed by atoms with van der Waals surface area (Å²) in [6, 6.07) is -0.0333. The minimum atomic E-state index is -3.24. The van der Waals surface area contributed by atoms with Crippen molar-refractivity contribution in [2.75, 3.05) is 18.8 Å². The first-order chi connectivity index (χ1) is 8.42. The first kappa shape index (κ1) is 13.8. The van der Waals surface area contributed by atoms with Crippen molar-refractivity contribution < 1.29 is 13.2 Å². The third-order valence-corrected chi connectivity index (χ3v) is 6.34. The Hall–Kier alpha value is -0.620. The molecule has 0 aromatic heterocycles. The summed E-state index contributed by atoms with van der Waals surface area (Å²) < 4.78 is 23.9. The molecule has 2 aliphatic heterocycles. The summed E-state index contributed by atoms with van der Waals surface area (Å²) in [5.74, 6) is 0.328. The number of piperidine rings is 1. The van der Waals surface area contributed by atoms with E-state index in [1.54, 1.807) is 4.90 Å². The molecule has 0 bridgehead atoms. The highest BCUT2D eigenvalue weighted by molar-refractivity contribution is 7.92. The van der Waals surface area contributed by atoms with E-state index in [1.807, 2.05) is 0 Å². The molecular formula is C12H22N2O3S. The van der Waals surface area contributed by atoms with Crippen molar-refractivity contribution in [1.29, 1.82) is 0 Å². The van der Waals surface area contributed by atoms with E-state index in [0.29, 0.717) is 31.8 Å². The summed E-state index contributed by atoms with van der Waals surface area (Å²) in [7, 11) is -3.24. The lowest BCUT2D eigenvalue weighted by molar-refractivity contribution is -0.132. The molecule has 2 fully saturated rings. The highest BCUT2D eigenvalue weighted by Gasteiger charge is 2.39. The van der Waals surface area contributed by atoms with Gasteiger partial charge in [-0.3, -0.25) is 4.79 Å². The van der Waals surface area contributed by atoms with E-state index < -0.39 is 15.1 Å². The first-order valence-electron chi connectivity index (χ1n) is 6.68. The molecule has 104 valence electrons. The van der Waals surface area contributed by atoms with Gasteiger partial charge in [-0.05, 0) is 25.2 Å². The van der Waals surface area contributed by atoms with Crippen LogP contribution in [0.15, 0.2) is 0 Å². The molecule has 0 aromatic rings. The molecule has 2 aliphatic rings. The summed E-state index contributed by atoms with van der Waals surface area (Å²) >= 11 is 0. The first-order valence-corrected chi connectivity index (χ1v) is 8.39. The quantitative estimate of drug-likeness (QED) is 0.738. The molecule has 3 atom stereocenters. The Morgan fingerprint density at radius 2 is 2.00 bits per heavy atom. The summed E-state index contributed by atoms with van der Waals surface area (Å²) in [6.07, 6.45) is 2.84. The highest BCUT2D eigenvalue weighted by atomic mass is 32.2. The summed E-state index contributed by atoms with van der Waals surface area (Å²) in [4.78, 5) is 14.0. The van der Waals surface area contributed by atoms with Gasteiger partial charge in [0.25, 0.3) is 0 Å². The SMILES string of the molecule is CC1CCN(C(=O)C2CCCCS2(=O)=O)CC1N. The van der Waals surface area contributed by atoms with Crippen LogP contribution >= 0.6 is 0 Å². The van der Waals surface area contributed by atoms with E-state index in [4.69, 9.17) is 5.73 Å². The summed E-state index contributed by atoms with van der Waals surface area (Å²) in [5.41, 5.74) is 5.96. The van der Waals surface area contributed by atoms with Crippen LogP contribution in [0.2, 0.25) is 0 Å². The van der Waals surface area contributed by atoms with Crippen molar-refractivity contribution in [3.05, 3.63) is 0 Å². The van der Waals surface area contributed by atoms with Crippen LogP contribution in [-0.2, 0) is 14.6 Å². The average Bonchev–Trinajstić information content (AvgIpc) is 2.31. The molecule has 3 unspecified atom stereocenters. The predicted octanol–water partition coefficient (Wildman–Crippen LogP) is 0.149. The fourth-order valence-electron chi connectivity index (χ4n) is 2.73. The lowest BCUT2D eigenvalue weighted by Crippen LogP contribution is -2.54. The molecule has 2 N–H and O–H groups in total. The number of carbonyl (C=O) groups excluding carboxylic acids is 1. The maximum absolute atomic E-state index is 12.3. The fourth-order valence-corrected chi connectivity index (χ4v) is 4.61. The van der Waals surface area contributed by atoms with Crippen LogP contribution in [0.25, 0.3) is 0 Å². The Bertz CT molecular complexity index is 421. The van der Waals surface area contributed by atoms with Crippen LogP contribution in [0.4, 0.5) is 0 Å². The van der Waals surface area contributed by atoms with Crippen LogP contribution < -0.4 is 5.73 Å². The molecule has 6 heteroatoms. The van der Waals surface area contributed by atoms with Gasteiger partial charge in [0.15, 0.2) is 9.84 Å². The Kier molecular flexibility index (Phi) is 3.96. The third-order valence-electron chi connectivity index (χ3n) is 4.18. The molecule has 1 amide bonds. The lowest BCUT2D eigenvalue weighted by atomic mass is 9.94. The zero-order valence-electron chi connectivity index (χ0n) is 10.8. The van der Waals surface area contributed by atoms with Gasteiger partial charge in [-0.15, -0.1) is 0 Å². The number of carbonyl (C=O) groups is 1. The predicted molar refractivity (Wildman–Crippen MR) is 69.8 cm³/mol. The van der Waals surface area contributed by atoms with Gasteiger partial charge in [-0.2, -0.15) is 0 Å². The smallest absolute Gasteiger partial charge is 0.240 e. The zero-order chi connectivity index (χ0) is 13.3. The van der Waals surface area contributed by atoms with Crippen LogP contribution in [0.3, 0.4) is 0 Å². The Morgan fingerprint density at radius 3 is 2.61 bits per heavy atom. The van der Waals surface area contributed by atoms with Crippen LogP contribution in [-0.4, -0.2) is 49.4 Å². The molecule has 5 nitrogen and oxygen atoms in total. The molecule has 18 heavy (non-hydrogen) atoms. The van der Waals surface area contributed by atoms with Gasteiger partial charge in [0.2, 0.25) is 5.91 Å². The van der Waals surface area contributed by atoms with Gasteiger partial charge in [-0.25, -0.2) is 8.42 Å². The summed E-state index contributed by atoms with van der Waals surface area (Å²) in [5, 5.41) is -0.813. The molecular weight excluding hydrogens is 252 g/mol. The van der Waals surface area contributed by atoms with Crippen molar-refractivity contribution in [3.8, 4) is 0 Å². The second-order valence-corrected chi connectivity index (χ2v) is 7.87. The van der Waals surface area contributed by atoms with Gasteiger partial charge in [0.1, 0.15) is 5.25 Å². The van der Waals surface area contributed by atoms with E-state index in [1.165, 1.54) is 0 Å². The number of amides is 1. The highest BCUT2D eigenvalue weighted by Crippen LogP contribution is 2.24. The van der Waals surface area contributed by atoms with Crippen LogP contribution in [0, 0.1) is 5.92 Å². The minimum Gasteiger partial charge on any atom is -0.340 e. The Balaban J connectivity index is 2.07. The Labute approximate surface area is 109 Å². The number of hydrogen-bond acceptors (Lipinski definition) is 4. The van der Waals surface area contributed by atoms with Crippen LogP contribution in [0.1, 0.15) is 32.6 Å². The second kappa shape index (κ2) is 5.17. The van der Waals surface area contributed by atoms with Crippen molar-refractivity contribution in [2.45, 2.75) is 43.9 Å². The standard InChI is InChI=1S/C12H22N2O3S/c1-9-5-6-14(8-10(9)13)12(15)11-4-2-3-7-18(11,16)17/h9-11H,2-8,13H2,1H3. The van der Waals surface area contributed by atoms with E-state index in [9.17, 15) is 13.2 Å². The maximum Gasteiger partial charge on any atom is 0.240 e.